The lowest BCUT2D eigenvalue weighted by Crippen LogP contribution is -2.22. The minimum Gasteiger partial charge on any atom is -0.322 e. The highest BCUT2D eigenvalue weighted by Crippen LogP contribution is 2.26. The van der Waals surface area contributed by atoms with Crippen molar-refractivity contribution in [1.82, 2.24) is 4.31 Å². The number of benzene rings is 2. The fraction of sp³-hybridized carbons (Fsp3) is 0.133. The van der Waals surface area contributed by atoms with Crippen LogP contribution in [0, 0.1) is 0 Å². The molecular weight excluding hydrogens is 359 g/mol. The zero-order valence-corrected chi connectivity index (χ0v) is 14.7. The van der Waals surface area contributed by atoms with Gasteiger partial charge in [-0.1, -0.05) is 35.3 Å². The molecule has 0 aliphatic heterocycles. The number of hydrogen-bond acceptors (Lipinski definition) is 3. The molecule has 23 heavy (non-hydrogen) atoms. The van der Waals surface area contributed by atoms with E-state index in [2.05, 4.69) is 5.32 Å². The molecule has 0 bridgehead atoms. The van der Waals surface area contributed by atoms with Crippen LogP contribution in [-0.4, -0.2) is 32.7 Å². The Morgan fingerprint density at radius 2 is 1.74 bits per heavy atom. The summed E-state index contributed by atoms with van der Waals surface area (Å²) in [4.78, 5) is 12.3. The predicted octanol–water partition coefficient (Wildman–Crippen LogP) is 3.50. The molecule has 2 aromatic carbocycles. The summed E-state index contributed by atoms with van der Waals surface area (Å²) < 4.78 is 25.3. The second kappa shape index (κ2) is 6.88. The average Bonchev–Trinajstić information content (AvgIpc) is 2.50. The normalized spacial score (nSPS) is 11.5. The molecule has 5 nitrogen and oxygen atoms in total. The maximum absolute atomic E-state index is 12.3. The van der Waals surface area contributed by atoms with Gasteiger partial charge in [0.15, 0.2) is 0 Å². The maximum atomic E-state index is 12.3. The van der Waals surface area contributed by atoms with Crippen LogP contribution in [0.1, 0.15) is 10.4 Å². The van der Waals surface area contributed by atoms with E-state index in [0.29, 0.717) is 5.69 Å². The Morgan fingerprint density at radius 1 is 1.09 bits per heavy atom. The van der Waals surface area contributed by atoms with Crippen LogP contribution in [0.2, 0.25) is 10.0 Å². The largest absolute Gasteiger partial charge is 0.322 e. The molecule has 0 saturated carbocycles. The van der Waals surface area contributed by atoms with Crippen molar-refractivity contribution in [3.8, 4) is 0 Å². The molecule has 0 saturated heterocycles. The average molecular weight is 373 g/mol. The first kappa shape index (κ1) is 17.7. The van der Waals surface area contributed by atoms with Crippen LogP contribution >= 0.6 is 23.2 Å². The summed E-state index contributed by atoms with van der Waals surface area (Å²) in [6, 6.07) is 10.7. The highest BCUT2D eigenvalue weighted by atomic mass is 35.5. The molecule has 0 aliphatic rings. The first-order valence-electron chi connectivity index (χ1n) is 6.51. The molecule has 2 aromatic rings. The van der Waals surface area contributed by atoms with Crippen LogP contribution in [0.4, 0.5) is 5.69 Å². The van der Waals surface area contributed by atoms with Gasteiger partial charge in [0.1, 0.15) is 0 Å². The van der Waals surface area contributed by atoms with Crippen molar-refractivity contribution in [2.75, 3.05) is 19.4 Å². The van der Waals surface area contributed by atoms with Gasteiger partial charge < -0.3 is 5.32 Å². The standard InChI is InChI=1S/C15H14Cl2N2O3S/c1-19(2)23(21,22)11-6-3-5-10(9-11)18-15(20)12-7-4-8-13(16)14(12)17/h3-9H,1-2H3,(H,18,20). The van der Waals surface area contributed by atoms with Gasteiger partial charge in [-0.25, -0.2) is 12.7 Å². The number of carbonyl (C=O) groups is 1. The summed E-state index contributed by atoms with van der Waals surface area (Å²) in [7, 11) is -0.706. The second-order valence-electron chi connectivity index (χ2n) is 4.87. The molecule has 0 spiro atoms. The Labute approximate surface area is 144 Å². The Kier molecular flexibility index (Phi) is 5.31. The lowest BCUT2D eigenvalue weighted by molar-refractivity contribution is 0.102. The van der Waals surface area contributed by atoms with Crippen molar-refractivity contribution in [3.63, 3.8) is 0 Å². The zero-order chi connectivity index (χ0) is 17.2. The molecule has 1 N–H and O–H groups in total. The molecule has 0 radical (unpaired) electrons. The highest BCUT2D eigenvalue weighted by molar-refractivity contribution is 7.89. The molecule has 0 aliphatic carbocycles. The van der Waals surface area contributed by atoms with E-state index in [4.69, 9.17) is 23.2 Å². The number of nitrogens with zero attached hydrogens (tertiary/aromatic N) is 1. The van der Waals surface area contributed by atoms with E-state index in [1.807, 2.05) is 0 Å². The van der Waals surface area contributed by atoms with E-state index in [0.717, 1.165) is 4.31 Å². The molecule has 0 heterocycles. The zero-order valence-electron chi connectivity index (χ0n) is 12.4. The first-order valence-corrected chi connectivity index (χ1v) is 8.71. The number of carbonyl (C=O) groups excluding carboxylic acids is 1. The summed E-state index contributed by atoms with van der Waals surface area (Å²) in [5.74, 6) is -0.475. The van der Waals surface area contributed by atoms with Crippen molar-refractivity contribution >= 4 is 44.8 Å². The van der Waals surface area contributed by atoms with Crippen molar-refractivity contribution in [2.24, 2.45) is 0 Å². The third kappa shape index (κ3) is 3.84. The number of sulfonamides is 1. The molecule has 0 atom stereocenters. The predicted molar refractivity (Wildman–Crippen MR) is 91.7 cm³/mol. The van der Waals surface area contributed by atoms with Crippen LogP contribution in [-0.2, 0) is 10.0 Å². The van der Waals surface area contributed by atoms with E-state index in [1.165, 1.54) is 32.3 Å². The Bertz CT molecular complexity index is 852. The molecule has 1 amide bonds. The Balaban J connectivity index is 2.31. The first-order chi connectivity index (χ1) is 10.7. The molecular formula is C15H14Cl2N2O3S. The summed E-state index contributed by atoms with van der Waals surface area (Å²) >= 11 is 11.9. The summed E-state index contributed by atoms with van der Waals surface area (Å²) in [6.45, 7) is 0. The van der Waals surface area contributed by atoms with Crippen LogP contribution in [0.25, 0.3) is 0 Å². The molecule has 8 heteroatoms. The molecule has 122 valence electrons. The van der Waals surface area contributed by atoms with Crippen molar-refractivity contribution in [3.05, 3.63) is 58.1 Å². The van der Waals surface area contributed by atoms with Gasteiger partial charge in [0.25, 0.3) is 5.91 Å². The lowest BCUT2D eigenvalue weighted by atomic mass is 10.2. The summed E-state index contributed by atoms with van der Waals surface area (Å²) in [6.07, 6.45) is 0. The van der Waals surface area contributed by atoms with Gasteiger partial charge in [0.05, 0.1) is 20.5 Å². The van der Waals surface area contributed by atoms with Crippen LogP contribution in [0.15, 0.2) is 47.4 Å². The minimum atomic E-state index is -3.58. The van der Waals surface area contributed by atoms with E-state index >= 15 is 0 Å². The van der Waals surface area contributed by atoms with Gasteiger partial charge in [0, 0.05) is 19.8 Å². The fourth-order valence-corrected chi connectivity index (χ4v) is 3.16. The van der Waals surface area contributed by atoms with E-state index < -0.39 is 15.9 Å². The van der Waals surface area contributed by atoms with Crippen molar-refractivity contribution in [1.29, 1.82) is 0 Å². The Hall–Kier alpha value is -1.60. The summed E-state index contributed by atoms with van der Waals surface area (Å²) in [5, 5.41) is 3.02. The van der Waals surface area contributed by atoms with Crippen LogP contribution in [0.5, 0.6) is 0 Å². The van der Waals surface area contributed by atoms with Crippen molar-refractivity contribution < 1.29 is 13.2 Å². The van der Waals surface area contributed by atoms with Gasteiger partial charge in [-0.15, -0.1) is 0 Å². The Morgan fingerprint density at radius 3 is 2.39 bits per heavy atom. The van der Waals surface area contributed by atoms with Gasteiger partial charge in [0.2, 0.25) is 10.0 Å². The SMILES string of the molecule is CN(C)S(=O)(=O)c1cccc(NC(=O)c2cccc(Cl)c2Cl)c1. The van der Waals surface area contributed by atoms with Gasteiger partial charge in [-0.2, -0.15) is 0 Å². The van der Waals surface area contributed by atoms with Gasteiger partial charge in [-0.05, 0) is 30.3 Å². The molecule has 0 aromatic heterocycles. The second-order valence-corrected chi connectivity index (χ2v) is 7.81. The third-order valence-electron chi connectivity index (χ3n) is 3.07. The lowest BCUT2D eigenvalue weighted by Gasteiger charge is -2.13. The van der Waals surface area contributed by atoms with Gasteiger partial charge in [-0.3, -0.25) is 4.79 Å². The maximum Gasteiger partial charge on any atom is 0.257 e. The minimum absolute atomic E-state index is 0.0810. The number of nitrogens with one attached hydrogen (secondary N) is 1. The number of halogens is 2. The van der Waals surface area contributed by atoms with E-state index in [9.17, 15) is 13.2 Å². The number of hydrogen-bond donors (Lipinski definition) is 1. The van der Waals surface area contributed by atoms with E-state index in [1.54, 1.807) is 24.3 Å². The third-order valence-corrected chi connectivity index (χ3v) is 5.70. The number of amides is 1. The quantitative estimate of drug-likeness (QED) is 0.892. The molecule has 0 fully saturated rings. The highest BCUT2D eigenvalue weighted by Gasteiger charge is 2.18. The monoisotopic (exact) mass is 372 g/mol. The number of rotatable bonds is 4. The smallest absolute Gasteiger partial charge is 0.257 e. The molecule has 2 rings (SSSR count). The molecule has 0 unspecified atom stereocenters. The van der Waals surface area contributed by atoms with Gasteiger partial charge >= 0.3 is 0 Å². The fourth-order valence-electron chi connectivity index (χ4n) is 1.82. The number of anilines is 1. The van der Waals surface area contributed by atoms with E-state index in [-0.39, 0.29) is 20.5 Å². The topological polar surface area (TPSA) is 66.5 Å². The van der Waals surface area contributed by atoms with Crippen LogP contribution in [0.3, 0.4) is 0 Å². The summed E-state index contributed by atoms with van der Waals surface area (Å²) in [5.41, 5.74) is 0.550. The van der Waals surface area contributed by atoms with Crippen LogP contribution < -0.4 is 5.32 Å². The van der Waals surface area contributed by atoms with Crippen molar-refractivity contribution in [2.45, 2.75) is 4.90 Å².